The lowest BCUT2D eigenvalue weighted by Gasteiger charge is -2.05. The van der Waals surface area contributed by atoms with E-state index in [0.717, 1.165) is 0 Å². The summed E-state index contributed by atoms with van der Waals surface area (Å²) in [4.78, 5) is 11.2. The Morgan fingerprint density at radius 1 is 1.43 bits per heavy atom. The van der Waals surface area contributed by atoms with E-state index < -0.39 is 5.97 Å². The predicted octanol–water partition coefficient (Wildman–Crippen LogP) is 1.58. The number of phenolic OH excluding ortho intramolecular Hbond substituents is 2. The molecule has 0 unspecified atom stereocenters. The number of rotatable bonds is 2. The van der Waals surface area contributed by atoms with E-state index in [1.807, 2.05) is 0 Å². The molecule has 76 valence electrons. The number of ether oxygens (including phenoxy) is 1. The third kappa shape index (κ3) is 1.96. The highest BCUT2D eigenvalue weighted by molar-refractivity contribution is 5.90. The van der Waals surface area contributed by atoms with E-state index in [4.69, 9.17) is 4.74 Å². The summed E-state index contributed by atoms with van der Waals surface area (Å²) in [5.41, 5.74) is 0.674. The number of hydrogen-bond acceptors (Lipinski definition) is 4. The van der Waals surface area contributed by atoms with Gasteiger partial charge in [0.2, 0.25) is 0 Å². The fraction of sp³-hybridized carbons (Fsp3) is 0.300. The van der Waals surface area contributed by atoms with Gasteiger partial charge in [-0.25, -0.2) is 4.79 Å². The molecule has 0 amide bonds. The normalized spacial score (nSPS) is 9.86. The van der Waals surface area contributed by atoms with Crippen LogP contribution in [-0.4, -0.2) is 22.8 Å². The molecule has 1 aromatic rings. The minimum Gasteiger partial charge on any atom is -0.504 e. The fourth-order valence-corrected chi connectivity index (χ4v) is 1.09. The maximum atomic E-state index is 11.2. The van der Waals surface area contributed by atoms with Crippen LogP contribution in [0.3, 0.4) is 0 Å². The van der Waals surface area contributed by atoms with Gasteiger partial charge in [-0.1, -0.05) is 0 Å². The van der Waals surface area contributed by atoms with Crippen molar-refractivity contribution in [3.8, 4) is 11.5 Å². The van der Waals surface area contributed by atoms with Crippen molar-refractivity contribution in [2.75, 3.05) is 6.61 Å². The van der Waals surface area contributed by atoms with E-state index in [9.17, 15) is 15.0 Å². The molecule has 4 nitrogen and oxygen atoms in total. The van der Waals surface area contributed by atoms with E-state index in [-0.39, 0.29) is 23.7 Å². The molecule has 0 aromatic heterocycles. The topological polar surface area (TPSA) is 66.8 Å². The van der Waals surface area contributed by atoms with Gasteiger partial charge in [0.1, 0.15) is 0 Å². The van der Waals surface area contributed by atoms with Gasteiger partial charge in [-0.05, 0) is 31.5 Å². The molecular formula is C10H12O4. The molecule has 0 spiro atoms. The van der Waals surface area contributed by atoms with Crippen LogP contribution in [0.25, 0.3) is 0 Å². The fourth-order valence-electron chi connectivity index (χ4n) is 1.09. The molecule has 0 atom stereocenters. The average molecular weight is 196 g/mol. The average Bonchev–Trinajstić information content (AvgIpc) is 2.13. The van der Waals surface area contributed by atoms with Gasteiger partial charge in [-0.15, -0.1) is 0 Å². The Kier molecular flexibility index (Phi) is 2.96. The van der Waals surface area contributed by atoms with Crippen molar-refractivity contribution in [3.63, 3.8) is 0 Å². The highest BCUT2D eigenvalue weighted by atomic mass is 16.5. The summed E-state index contributed by atoms with van der Waals surface area (Å²) in [6, 6.07) is 2.65. The van der Waals surface area contributed by atoms with Crippen molar-refractivity contribution >= 4 is 5.97 Å². The number of benzene rings is 1. The largest absolute Gasteiger partial charge is 0.504 e. The standard InChI is InChI=1S/C10H12O4/c1-3-14-10(13)7-4-6(2)9(12)8(11)5-7/h4-5,11-12H,3H2,1-2H3. The van der Waals surface area contributed by atoms with Gasteiger partial charge in [0.25, 0.3) is 0 Å². The number of phenols is 2. The molecular weight excluding hydrogens is 184 g/mol. The van der Waals surface area contributed by atoms with Gasteiger partial charge in [0, 0.05) is 0 Å². The molecule has 1 aromatic carbocycles. The van der Waals surface area contributed by atoms with Gasteiger partial charge < -0.3 is 14.9 Å². The molecule has 1 rings (SSSR count). The Morgan fingerprint density at radius 3 is 2.57 bits per heavy atom. The summed E-state index contributed by atoms with van der Waals surface area (Å²) >= 11 is 0. The second kappa shape index (κ2) is 4.00. The van der Waals surface area contributed by atoms with Crippen LogP contribution in [0, 0.1) is 6.92 Å². The molecule has 2 N–H and O–H groups in total. The maximum Gasteiger partial charge on any atom is 0.338 e. The Labute approximate surface area is 81.8 Å². The van der Waals surface area contributed by atoms with Crippen LogP contribution in [0.1, 0.15) is 22.8 Å². The summed E-state index contributed by atoms with van der Waals surface area (Å²) in [6.07, 6.45) is 0. The monoisotopic (exact) mass is 196 g/mol. The Bertz CT molecular complexity index is 334. The first-order valence-corrected chi connectivity index (χ1v) is 4.26. The minimum atomic E-state index is -0.508. The molecule has 4 heteroatoms. The number of carbonyl (C=O) groups excluding carboxylic acids is 1. The van der Waals surface area contributed by atoms with Gasteiger partial charge in [0.15, 0.2) is 11.5 Å². The first-order chi connectivity index (χ1) is 6.56. The van der Waals surface area contributed by atoms with Gasteiger partial charge >= 0.3 is 5.97 Å². The van der Waals surface area contributed by atoms with E-state index in [1.165, 1.54) is 12.1 Å². The highest BCUT2D eigenvalue weighted by Crippen LogP contribution is 2.29. The third-order valence-electron chi connectivity index (χ3n) is 1.79. The quantitative estimate of drug-likeness (QED) is 0.556. The Morgan fingerprint density at radius 2 is 2.07 bits per heavy atom. The van der Waals surface area contributed by atoms with Crippen LogP contribution in [0.4, 0.5) is 0 Å². The predicted molar refractivity (Wildman–Crippen MR) is 50.5 cm³/mol. The molecule has 14 heavy (non-hydrogen) atoms. The number of aromatic hydroxyl groups is 2. The van der Waals surface area contributed by atoms with Crippen molar-refractivity contribution in [1.29, 1.82) is 0 Å². The number of aryl methyl sites for hydroxylation is 1. The smallest absolute Gasteiger partial charge is 0.338 e. The van der Waals surface area contributed by atoms with Crippen LogP contribution in [0.15, 0.2) is 12.1 Å². The van der Waals surface area contributed by atoms with Crippen molar-refractivity contribution in [2.24, 2.45) is 0 Å². The second-order valence-electron chi connectivity index (χ2n) is 2.88. The van der Waals surface area contributed by atoms with Gasteiger partial charge in [-0.3, -0.25) is 0 Å². The van der Waals surface area contributed by atoms with Crippen molar-refractivity contribution < 1.29 is 19.7 Å². The Hall–Kier alpha value is -1.71. The van der Waals surface area contributed by atoms with Gasteiger partial charge in [0.05, 0.1) is 12.2 Å². The minimum absolute atomic E-state index is 0.210. The Balaban J connectivity index is 3.06. The maximum absolute atomic E-state index is 11.2. The van der Waals surface area contributed by atoms with Crippen LogP contribution in [0.5, 0.6) is 11.5 Å². The number of carbonyl (C=O) groups is 1. The molecule has 0 aliphatic heterocycles. The summed E-state index contributed by atoms with van der Waals surface area (Å²) in [5.74, 6) is -1.03. The molecule has 0 heterocycles. The molecule has 0 saturated carbocycles. The molecule has 0 fully saturated rings. The van der Waals surface area contributed by atoms with Crippen LogP contribution in [0.2, 0.25) is 0 Å². The molecule has 0 saturated heterocycles. The van der Waals surface area contributed by atoms with E-state index >= 15 is 0 Å². The third-order valence-corrected chi connectivity index (χ3v) is 1.79. The molecule has 0 aliphatic rings. The highest BCUT2D eigenvalue weighted by Gasteiger charge is 2.11. The SMILES string of the molecule is CCOC(=O)c1cc(C)c(O)c(O)c1. The molecule has 0 radical (unpaired) electrons. The van der Waals surface area contributed by atoms with Crippen molar-refractivity contribution in [1.82, 2.24) is 0 Å². The number of esters is 1. The summed E-state index contributed by atoms with van der Waals surface area (Å²) in [7, 11) is 0. The van der Waals surface area contributed by atoms with E-state index in [2.05, 4.69) is 0 Å². The lowest BCUT2D eigenvalue weighted by molar-refractivity contribution is 0.0525. The molecule has 0 aliphatic carbocycles. The van der Waals surface area contributed by atoms with E-state index in [1.54, 1.807) is 13.8 Å². The number of hydrogen-bond donors (Lipinski definition) is 2. The zero-order valence-corrected chi connectivity index (χ0v) is 8.07. The first-order valence-electron chi connectivity index (χ1n) is 4.26. The van der Waals surface area contributed by atoms with Crippen LogP contribution < -0.4 is 0 Å². The van der Waals surface area contributed by atoms with Crippen molar-refractivity contribution in [3.05, 3.63) is 23.3 Å². The lowest BCUT2D eigenvalue weighted by Crippen LogP contribution is -2.04. The summed E-state index contributed by atoms with van der Waals surface area (Å²) < 4.78 is 4.75. The molecule has 0 bridgehead atoms. The van der Waals surface area contributed by atoms with Crippen molar-refractivity contribution in [2.45, 2.75) is 13.8 Å². The lowest BCUT2D eigenvalue weighted by atomic mass is 10.1. The van der Waals surface area contributed by atoms with Gasteiger partial charge in [-0.2, -0.15) is 0 Å². The zero-order valence-electron chi connectivity index (χ0n) is 8.07. The zero-order chi connectivity index (χ0) is 10.7. The summed E-state index contributed by atoms with van der Waals surface area (Å²) in [6.45, 7) is 3.57. The first kappa shape index (κ1) is 10.4. The van der Waals surface area contributed by atoms with E-state index in [0.29, 0.717) is 5.56 Å². The van der Waals surface area contributed by atoms with Crippen LogP contribution in [-0.2, 0) is 4.74 Å². The second-order valence-corrected chi connectivity index (χ2v) is 2.88. The summed E-state index contributed by atoms with van der Waals surface area (Å²) in [5, 5.41) is 18.5. The van der Waals surface area contributed by atoms with Crippen LogP contribution >= 0.6 is 0 Å².